The zero-order chi connectivity index (χ0) is 13.7. The van der Waals surface area contributed by atoms with E-state index in [1.165, 1.54) is 17.7 Å². The third kappa shape index (κ3) is 3.98. The Balaban J connectivity index is 1.81. The van der Waals surface area contributed by atoms with Gasteiger partial charge in [-0.1, -0.05) is 19.1 Å². The Labute approximate surface area is 116 Å². The van der Waals surface area contributed by atoms with Crippen molar-refractivity contribution >= 4 is 11.6 Å². The van der Waals surface area contributed by atoms with Crippen molar-refractivity contribution in [1.29, 1.82) is 0 Å². The number of rotatable bonds is 5. The lowest BCUT2D eigenvalue weighted by Crippen LogP contribution is -2.30. The van der Waals surface area contributed by atoms with E-state index in [-0.39, 0.29) is 5.91 Å². The van der Waals surface area contributed by atoms with Crippen molar-refractivity contribution in [2.24, 2.45) is 5.92 Å². The summed E-state index contributed by atoms with van der Waals surface area (Å²) in [6.45, 7) is 7.13. The standard InChI is InChI=1S/C16H24N2O/c1-3-5-16(19)17-11-14-8-9-18(12-14)15-7-4-6-13(2)10-15/h4,6-7,10,14H,3,5,8-9,11-12H2,1-2H3,(H,17,19). The van der Waals surface area contributed by atoms with E-state index in [1.807, 2.05) is 6.92 Å². The second kappa shape index (κ2) is 6.60. The van der Waals surface area contributed by atoms with Crippen LogP contribution in [0.4, 0.5) is 5.69 Å². The minimum absolute atomic E-state index is 0.191. The van der Waals surface area contributed by atoms with Gasteiger partial charge >= 0.3 is 0 Å². The molecule has 1 amide bonds. The molecule has 0 aliphatic carbocycles. The smallest absolute Gasteiger partial charge is 0.219 e. The highest BCUT2D eigenvalue weighted by molar-refractivity contribution is 5.75. The molecule has 104 valence electrons. The first-order chi connectivity index (χ1) is 9.19. The number of hydrogen-bond donors (Lipinski definition) is 1. The van der Waals surface area contributed by atoms with Gasteiger partial charge in [0, 0.05) is 31.7 Å². The lowest BCUT2D eigenvalue weighted by atomic mass is 10.1. The number of nitrogens with one attached hydrogen (secondary N) is 1. The molecule has 2 rings (SSSR count). The van der Waals surface area contributed by atoms with E-state index in [4.69, 9.17) is 0 Å². The number of nitrogens with zero attached hydrogens (tertiary/aromatic N) is 1. The monoisotopic (exact) mass is 260 g/mol. The van der Waals surface area contributed by atoms with Gasteiger partial charge in [0.1, 0.15) is 0 Å². The van der Waals surface area contributed by atoms with Crippen LogP contribution in [0.5, 0.6) is 0 Å². The van der Waals surface area contributed by atoms with Crippen LogP contribution < -0.4 is 10.2 Å². The zero-order valence-corrected chi connectivity index (χ0v) is 12.0. The summed E-state index contributed by atoms with van der Waals surface area (Å²) in [6.07, 6.45) is 2.74. The summed E-state index contributed by atoms with van der Waals surface area (Å²) in [6, 6.07) is 8.64. The SMILES string of the molecule is CCCC(=O)NCC1CCN(c2cccc(C)c2)C1. The number of benzene rings is 1. The van der Waals surface area contributed by atoms with Crippen LogP contribution in [0.25, 0.3) is 0 Å². The molecule has 0 aromatic heterocycles. The van der Waals surface area contributed by atoms with E-state index < -0.39 is 0 Å². The lowest BCUT2D eigenvalue weighted by Gasteiger charge is -2.19. The van der Waals surface area contributed by atoms with E-state index in [9.17, 15) is 4.79 Å². The van der Waals surface area contributed by atoms with E-state index >= 15 is 0 Å². The molecule has 3 nitrogen and oxygen atoms in total. The molecule has 1 aliphatic rings. The highest BCUT2D eigenvalue weighted by atomic mass is 16.1. The average molecular weight is 260 g/mol. The van der Waals surface area contributed by atoms with Crippen molar-refractivity contribution in [2.45, 2.75) is 33.1 Å². The summed E-state index contributed by atoms with van der Waals surface area (Å²) >= 11 is 0. The first-order valence-electron chi connectivity index (χ1n) is 7.27. The van der Waals surface area contributed by atoms with Crippen LogP contribution in [0.1, 0.15) is 31.7 Å². The van der Waals surface area contributed by atoms with Gasteiger partial charge in [0.05, 0.1) is 0 Å². The molecule has 1 N–H and O–H groups in total. The van der Waals surface area contributed by atoms with Gasteiger partial charge in [-0.2, -0.15) is 0 Å². The van der Waals surface area contributed by atoms with Gasteiger partial charge in [-0.25, -0.2) is 0 Å². The molecule has 1 atom stereocenters. The Morgan fingerprint density at radius 1 is 1.47 bits per heavy atom. The largest absolute Gasteiger partial charge is 0.371 e. The molecule has 19 heavy (non-hydrogen) atoms. The minimum Gasteiger partial charge on any atom is -0.371 e. The molecule has 1 heterocycles. The van der Waals surface area contributed by atoms with Crippen LogP contribution in [-0.2, 0) is 4.79 Å². The molecule has 0 saturated carbocycles. The molecule has 1 aromatic rings. The maximum Gasteiger partial charge on any atom is 0.219 e. The van der Waals surface area contributed by atoms with E-state index in [2.05, 4.69) is 41.4 Å². The van der Waals surface area contributed by atoms with Gasteiger partial charge in [-0.3, -0.25) is 4.79 Å². The molecule has 1 aliphatic heterocycles. The molecule has 3 heteroatoms. The Hall–Kier alpha value is -1.51. The molecule has 0 radical (unpaired) electrons. The first kappa shape index (κ1) is 13.9. The maximum absolute atomic E-state index is 11.5. The Morgan fingerprint density at radius 2 is 2.32 bits per heavy atom. The van der Waals surface area contributed by atoms with Crippen molar-refractivity contribution in [2.75, 3.05) is 24.5 Å². The molecule has 1 aromatic carbocycles. The lowest BCUT2D eigenvalue weighted by molar-refractivity contribution is -0.121. The van der Waals surface area contributed by atoms with Gasteiger partial charge in [-0.05, 0) is 43.4 Å². The third-order valence-corrected chi connectivity index (χ3v) is 3.72. The van der Waals surface area contributed by atoms with Gasteiger partial charge in [0.2, 0.25) is 5.91 Å². The summed E-state index contributed by atoms with van der Waals surface area (Å²) in [4.78, 5) is 13.9. The number of aryl methyl sites for hydroxylation is 1. The zero-order valence-electron chi connectivity index (χ0n) is 12.0. The van der Waals surface area contributed by atoms with Crippen molar-refractivity contribution in [3.63, 3.8) is 0 Å². The van der Waals surface area contributed by atoms with Crippen LogP contribution in [0, 0.1) is 12.8 Å². The number of carbonyl (C=O) groups excluding carboxylic acids is 1. The second-order valence-electron chi connectivity index (χ2n) is 5.49. The molecule has 1 fully saturated rings. The fraction of sp³-hybridized carbons (Fsp3) is 0.562. The topological polar surface area (TPSA) is 32.3 Å². The van der Waals surface area contributed by atoms with Crippen molar-refractivity contribution in [3.8, 4) is 0 Å². The molecule has 0 spiro atoms. The number of hydrogen-bond acceptors (Lipinski definition) is 2. The summed E-state index contributed by atoms with van der Waals surface area (Å²) in [5, 5.41) is 3.04. The van der Waals surface area contributed by atoms with E-state index in [0.29, 0.717) is 12.3 Å². The summed E-state index contributed by atoms with van der Waals surface area (Å²) in [7, 11) is 0. The fourth-order valence-corrected chi connectivity index (χ4v) is 2.63. The number of anilines is 1. The van der Waals surface area contributed by atoms with Gasteiger partial charge in [0.25, 0.3) is 0 Å². The Kier molecular flexibility index (Phi) is 4.83. The predicted molar refractivity (Wildman–Crippen MR) is 79.4 cm³/mol. The highest BCUT2D eigenvalue weighted by Gasteiger charge is 2.22. The fourth-order valence-electron chi connectivity index (χ4n) is 2.63. The Morgan fingerprint density at radius 3 is 3.05 bits per heavy atom. The van der Waals surface area contributed by atoms with Crippen molar-refractivity contribution < 1.29 is 4.79 Å². The van der Waals surface area contributed by atoms with Gasteiger partial charge in [-0.15, -0.1) is 0 Å². The minimum atomic E-state index is 0.191. The van der Waals surface area contributed by atoms with Crippen LogP contribution in [0.2, 0.25) is 0 Å². The maximum atomic E-state index is 11.5. The normalized spacial score (nSPS) is 18.6. The van der Waals surface area contributed by atoms with Crippen molar-refractivity contribution in [1.82, 2.24) is 5.32 Å². The second-order valence-corrected chi connectivity index (χ2v) is 5.49. The van der Waals surface area contributed by atoms with Gasteiger partial charge < -0.3 is 10.2 Å². The summed E-state index contributed by atoms with van der Waals surface area (Å²) in [5.41, 5.74) is 2.61. The van der Waals surface area contributed by atoms with E-state index in [1.54, 1.807) is 0 Å². The van der Waals surface area contributed by atoms with Crippen LogP contribution in [0.15, 0.2) is 24.3 Å². The first-order valence-corrected chi connectivity index (χ1v) is 7.27. The molecular formula is C16H24N2O. The molecular weight excluding hydrogens is 236 g/mol. The Bertz CT molecular complexity index is 431. The quantitative estimate of drug-likeness (QED) is 0.883. The number of carbonyl (C=O) groups is 1. The van der Waals surface area contributed by atoms with Crippen molar-refractivity contribution in [3.05, 3.63) is 29.8 Å². The summed E-state index contributed by atoms with van der Waals surface area (Å²) < 4.78 is 0. The third-order valence-electron chi connectivity index (χ3n) is 3.72. The van der Waals surface area contributed by atoms with Crippen LogP contribution in [-0.4, -0.2) is 25.5 Å². The van der Waals surface area contributed by atoms with Crippen LogP contribution >= 0.6 is 0 Å². The van der Waals surface area contributed by atoms with Gasteiger partial charge in [0.15, 0.2) is 0 Å². The summed E-state index contributed by atoms with van der Waals surface area (Å²) in [5.74, 6) is 0.776. The predicted octanol–water partition coefficient (Wildman–Crippen LogP) is 2.74. The molecule has 1 saturated heterocycles. The average Bonchev–Trinajstić information content (AvgIpc) is 2.85. The number of amides is 1. The molecule has 1 unspecified atom stereocenters. The van der Waals surface area contributed by atoms with Crippen LogP contribution in [0.3, 0.4) is 0 Å². The highest BCUT2D eigenvalue weighted by Crippen LogP contribution is 2.24. The molecule has 0 bridgehead atoms. The van der Waals surface area contributed by atoms with E-state index in [0.717, 1.165) is 26.1 Å².